The van der Waals surface area contributed by atoms with Gasteiger partial charge in [-0.2, -0.15) is 27.2 Å². The molecule has 140 valence electrons. The van der Waals surface area contributed by atoms with Gasteiger partial charge in [0, 0.05) is 17.7 Å². The summed E-state index contributed by atoms with van der Waals surface area (Å²) >= 11 is 0. The fourth-order valence-electron chi connectivity index (χ4n) is 2.28. The number of hydrogen-bond acceptors (Lipinski definition) is 3. The molecule has 0 bridgehead atoms. The van der Waals surface area contributed by atoms with Gasteiger partial charge in [0.15, 0.2) is 0 Å². The van der Waals surface area contributed by atoms with Crippen molar-refractivity contribution in [2.45, 2.75) is 24.6 Å². The monoisotopic (exact) mass is 378 g/mol. The zero-order valence-electron chi connectivity index (χ0n) is 13.0. The Morgan fingerprint density at radius 1 is 1.27 bits per heavy atom. The van der Waals surface area contributed by atoms with E-state index in [4.69, 9.17) is 10.00 Å². The second-order valence-electron chi connectivity index (χ2n) is 5.34. The highest BCUT2D eigenvalue weighted by Crippen LogP contribution is 2.46. The maximum atomic E-state index is 13.6. The molecular weight excluding hydrogens is 366 g/mol. The van der Waals surface area contributed by atoms with Crippen LogP contribution in [0.2, 0.25) is 0 Å². The van der Waals surface area contributed by atoms with Crippen molar-refractivity contribution in [2.75, 3.05) is 13.2 Å². The lowest BCUT2D eigenvalue weighted by atomic mass is 9.95. The van der Waals surface area contributed by atoms with Crippen LogP contribution >= 0.6 is 0 Å². The van der Waals surface area contributed by atoms with Crippen molar-refractivity contribution in [1.82, 2.24) is 5.32 Å². The number of fused-ring (bicyclic) bond motifs is 1. The van der Waals surface area contributed by atoms with E-state index in [0.717, 1.165) is 12.1 Å². The molecule has 0 spiro atoms. The van der Waals surface area contributed by atoms with Crippen LogP contribution in [0.4, 0.5) is 26.3 Å². The van der Waals surface area contributed by atoms with Gasteiger partial charge in [-0.3, -0.25) is 4.79 Å². The largest absolute Gasteiger partial charge is 0.483 e. The number of halogens is 6. The molecule has 1 aromatic carbocycles. The molecule has 0 aromatic heterocycles. The molecular formula is C16H12F6N2O2. The van der Waals surface area contributed by atoms with Gasteiger partial charge in [0.05, 0.1) is 18.1 Å². The lowest BCUT2D eigenvalue weighted by Gasteiger charge is -2.26. The summed E-state index contributed by atoms with van der Waals surface area (Å²) in [6.07, 6.45) is -6.05. The van der Waals surface area contributed by atoms with Gasteiger partial charge in [-0.15, -0.1) is 0 Å². The van der Waals surface area contributed by atoms with E-state index in [1.165, 1.54) is 0 Å². The highest BCUT2D eigenvalue weighted by molar-refractivity contribution is 6.20. The molecule has 1 aliphatic rings. The summed E-state index contributed by atoms with van der Waals surface area (Å²) in [4.78, 5) is 12.2. The van der Waals surface area contributed by atoms with Crippen molar-refractivity contribution in [1.29, 1.82) is 5.26 Å². The minimum atomic E-state index is -5.82. The summed E-state index contributed by atoms with van der Waals surface area (Å²) in [5, 5.41) is 10.8. The van der Waals surface area contributed by atoms with Crippen molar-refractivity contribution in [3.8, 4) is 11.8 Å². The first-order valence-electron chi connectivity index (χ1n) is 7.31. The maximum Gasteiger partial charge on any atom is 0.458 e. The molecule has 0 saturated heterocycles. The lowest BCUT2D eigenvalue weighted by molar-refractivity contribution is -0.289. The van der Waals surface area contributed by atoms with E-state index < -0.39 is 36.3 Å². The molecule has 0 radical (unpaired) electrons. The molecule has 1 N–H and O–H groups in total. The number of nitrogens with one attached hydrogen (secondary N) is 1. The molecule has 1 amide bonds. The minimum Gasteiger partial charge on any atom is -0.483 e. The van der Waals surface area contributed by atoms with Crippen molar-refractivity contribution >= 4 is 11.5 Å². The molecule has 4 nitrogen and oxygen atoms in total. The molecule has 2 rings (SSSR count). The summed E-state index contributed by atoms with van der Waals surface area (Å²) in [7, 11) is 0. The molecule has 0 saturated carbocycles. The van der Waals surface area contributed by atoms with Gasteiger partial charge in [-0.05, 0) is 24.3 Å². The van der Waals surface area contributed by atoms with Crippen LogP contribution in [0.5, 0.6) is 5.75 Å². The molecule has 10 heteroatoms. The van der Waals surface area contributed by atoms with Gasteiger partial charge in [0.2, 0.25) is 0 Å². The maximum absolute atomic E-state index is 13.6. The second kappa shape index (κ2) is 7.27. The normalized spacial score (nSPS) is 16.8. The number of hydrogen-bond donors (Lipinski definition) is 1. The molecule has 0 aliphatic carbocycles. The third-order valence-electron chi connectivity index (χ3n) is 3.54. The molecule has 1 heterocycles. The van der Waals surface area contributed by atoms with Crippen molar-refractivity contribution in [3.63, 3.8) is 0 Å². The highest BCUT2D eigenvalue weighted by atomic mass is 19.4. The summed E-state index contributed by atoms with van der Waals surface area (Å²) in [5.74, 6) is -6.17. The Morgan fingerprint density at radius 3 is 2.54 bits per heavy atom. The predicted molar refractivity (Wildman–Crippen MR) is 78.0 cm³/mol. The molecule has 1 atom stereocenters. The number of carbonyl (C=O) groups is 1. The van der Waals surface area contributed by atoms with Crippen LogP contribution in [0, 0.1) is 11.3 Å². The number of carbonyl (C=O) groups excluding carboxylic acids is 1. The first kappa shape index (κ1) is 19.6. The van der Waals surface area contributed by atoms with Crippen LogP contribution in [0.1, 0.15) is 17.5 Å². The van der Waals surface area contributed by atoms with Gasteiger partial charge >= 0.3 is 12.1 Å². The fraction of sp³-hybridized carbons (Fsp3) is 0.375. The summed E-state index contributed by atoms with van der Waals surface area (Å²) in [6, 6.07) is 3.61. The van der Waals surface area contributed by atoms with Crippen LogP contribution in [-0.4, -0.2) is 31.4 Å². The van der Waals surface area contributed by atoms with Gasteiger partial charge in [-0.25, -0.2) is 4.39 Å². The van der Waals surface area contributed by atoms with E-state index in [0.29, 0.717) is 12.1 Å². The van der Waals surface area contributed by atoms with Crippen molar-refractivity contribution in [3.05, 3.63) is 35.4 Å². The number of amides is 1. The third kappa shape index (κ3) is 3.76. The molecule has 0 fully saturated rings. The average molecular weight is 378 g/mol. The number of nitrogens with zero attached hydrogens (tertiary/aromatic N) is 1. The molecule has 26 heavy (non-hydrogen) atoms. The molecule has 1 aliphatic heterocycles. The average Bonchev–Trinajstić information content (AvgIpc) is 2.59. The first-order chi connectivity index (χ1) is 12.1. The molecule has 1 unspecified atom stereocenters. The number of nitriles is 1. The Balaban J connectivity index is 2.45. The van der Waals surface area contributed by atoms with E-state index in [2.05, 4.69) is 5.32 Å². The van der Waals surface area contributed by atoms with Crippen LogP contribution in [0.15, 0.2) is 24.3 Å². The Morgan fingerprint density at radius 2 is 1.96 bits per heavy atom. The zero-order chi connectivity index (χ0) is 19.5. The Labute approximate surface area is 144 Å². The zero-order valence-corrected chi connectivity index (χ0v) is 13.0. The fourth-order valence-corrected chi connectivity index (χ4v) is 2.28. The summed E-state index contributed by atoms with van der Waals surface area (Å²) in [5.41, 5.74) is -1.99. The van der Waals surface area contributed by atoms with Gasteiger partial charge in [-0.1, -0.05) is 0 Å². The van der Waals surface area contributed by atoms with Gasteiger partial charge in [0.25, 0.3) is 5.91 Å². The highest BCUT2D eigenvalue weighted by Gasteiger charge is 2.58. The van der Waals surface area contributed by atoms with E-state index >= 15 is 0 Å². The first-order valence-corrected chi connectivity index (χ1v) is 7.31. The van der Waals surface area contributed by atoms with Gasteiger partial charge < -0.3 is 10.1 Å². The van der Waals surface area contributed by atoms with E-state index in [9.17, 15) is 31.1 Å². The van der Waals surface area contributed by atoms with Gasteiger partial charge in [0.1, 0.15) is 18.5 Å². The summed E-state index contributed by atoms with van der Waals surface area (Å²) < 4.78 is 82.9. The Bertz CT molecular complexity index is 767. The Hall–Kier alpha value is -2.70. The minimum absolute atomic E-state index is 0.0406. The SMILES string of the molecule is N#CCCNC(=O)C1=CC(CF)Oc2ccc(C(F)(F)C(F)(F)F)cc21. The van der Waals surface area contributed by atoms with Crippen LogP contribution in [-0.2, 0) is 10.7 Å². The number of rotatable bonds is 5. The lowest BCUT2D eigenvalue weighted by Crippen LogP contribution is -2.34. The van der Waals surface area contributed by atoms with Crippen LogP contribution < -0.4 is 10.1 Å². The Kier molecular flexibility index (Phi) is 5.49. The topological polar surface area (TPSA) is 62.1 Å². The number of benzene rings is 1. The van der Waals surface area contributed by atoms with Crippen molar-refractivity contribution < 1.29 is 35.9 Å². The van der Waals surface area contributed by atoms with E-state index in [1.807, 2.05) is 0 Å². The second-order valence-corrected chi connectivity index (χ2v) is 5.34. The third-order valence-corrected chi connectivity index (χ3v) is 3.54. The van der Waals surface area contributed by atoms with Crippen molar-refractivity contribution in [2.24, 2.45) is 0 Å². The smallest absolute Gasteiger partial charge is 0.458 e. The standard InChI is InChI=1S/C16H12F6N2O2/c17-8-10-7-12(14(25)24-5-1-4-23)11-6-9(2-3-13(11)26-10)15(18,19)16(20,21)22/h2-3,6-7,10H,1,5,8H2,(H,24,25). The van der Waals surface area contributed by atoms with E-state index in [1.54, 1.807) is 6.07 Å². The van der Waals surface area contributed by atoms with E-state index in [-0.39, 0.29) is 29.9 Å². The van der Waals surface area contributed by atoms with Crippen LogP contribution in [0.3, 0.4) is 0 Å². The van der Waals surface area contributed by atoms with Crippen LogP contribution in [0.25, 0.3) is 5.57 Å². The predicted octanol–water partition coefficient (Wildman–Crippen LogP) is 3.48. The molecule has 1 aromatic rings. The number of alkyl halides is 6. The summed E-state index contributed by atoms with van der Waals surface area (Å²) in [6.45, 7) is -1.10. The quantitative estimate of drug-likeness (QED) is 0.630. The number of ether oxygens (including phenoxy) is 1.